The molecule has 2 aliphatic heterocycles. The normalized spacial score (nSPS) is 24.0. The highest BCUT2D eigenvalue weighted by molar-refractivity contribution is 5.46. The first-order valence-electron chi connectivity index (χ1n) is 6.52. The van der Waals surface area contributed by atoms with E-state index in [1.165, 1.54) is 0 Å². The summed E-state index contributed by atoms with van der Waals surface area (Å²) in [5.41, 5.74) is 4.62. The topological polar surface area (TPSA) is 85.5 Å². The van der Waals surface area contributed by atoms with Gasteiger partial charge in [-0.05, 0) is 7.05 Å². The van der Waals surface area contributed by atoms with Gasteiger partial charge in [0.15, 0.2) is 5.82 Å². The molecule has 104 valence electrons. The van der Waals surface area contributed by atoms with Gasteiger partial charge in [-0.25, -0.2) is 15.8 Å². The molecule has 1 fully saturated rings. The van der Waals surface area contributed by atoms with Crippen molar-refractivity contribution in [1.82, 2.24) is 14.9 Å². The van der Waals surface area contributed by atoms with E-state index in [-0.39, 0.29) is 6.10 Å². The number of likely N-dealkylation sites (N-methyl/N-ethyl adjacent to an activating group) is 1. The molecule has 7 nitrogen and oxygen atoms in total. The first kappa shape index (κ1) is 12.7. The lowest BCUT2D eigenvalue weighted by Gasteiger charge is -2.30. The van der Waals surface area contributed by atoms with Crippen LogP contribution in [0.15, 0.2) is 0 Å². The average Bonchev–Trinajstić information content (AvgIpc) is 2.46. The van der Waals surface area contributed by atoms with Gasteiger partial charge in [0.25, 0.3) is 0 Å². The zero-order chi connectivity index (χ0) is 13.2. The number of nitrogens with two attached hydrogens (primary N) is 1. The number of hydrogen-bond acceptors (Lipinski definition) is 7. The number of rotatable bonds is 2. The molecule has 1 aromatic rings. The van der Waals surface area contributed by atoms with E-state index in [2.05, 4.69) is 27.3 Å². The minimum atomic E-state index is -0.0843. The maximum Gasteiger partial charge on any atom is 0.161 e. The summed E-state index contributed by atoms with van der Waals surface area (Å²) in [4.78, 5) is 11.3. The smallest absolute Gasteiger partial charge is 0.161 e. The van der Waals surface area contributed by atoms with Crippen LogP contribution in [0, 0.1) is 0 Å². The van der Waals surface area contributed by atoms with Crippen molar-refractivity contribution in [2.45, 2.75) is 19.1 Å². The van der Waals surface area contributed by atoms with E-state index in [4.69, 9.17) is 15.3 Å². The maximum absolute atomic E-state index is 5.76. The number of aromatic nitrogens is 2. The molecule has 19 heavy (non-hydrogen) atoms. The number of nitrogen functional groups attached to an aromatic ring is 1. The van der Waals surface area contributed by atoms with Crippen LogP contribution in [0.1, 0.15) is 23.2 Å². The molecule has 0 spiro atoms. The van der Waals surface area contributed by atoms with Crippen molar-refractivity contribution in [1.29, 1.82) is 0 Å². The van der Waals surface area contributed by atoms with Gasteiger partial charge in [-0.3, -0.25) is 0 Å². The van der Waals surface area contributed by atoms with Crippen LogP contribution in [0.4, 0.5) is 5.82 Å². The van der Waals surface area contributed by atoms with Crippen LogP contribution < -0.4 is 11.3 Å². The number of hydrogen-bond donors (Lipinski definition) is 2. The standard InChI is InChI=1S/C12H19N5O2/c1-17-3-5-19-10(6-17)12-14-9-2-4-18-7-8(9)11(15-12)16-13/h10H,2-7,13H2,1H3,(H,14,15,16). The van der Waals surface area contributed by atoms with E-state index >= 15 is 0 Å². The molecular formula is C12H19N5O2. The Balaban J connectivity index is 1.93. The Morgan fingerprint density at radius 2 is 2.26 bits per heavy atom. The third kappa shape index (κ3) is 2.55. The number of morpholine rings is 1. The first-order chi connectivity index (χ1) is 9.28. The second kappa shape index (κ2) is 5.38. The highest BCUT2D eigenvalue weighted by Crippen LogP contribution is 2.26. The van der Waals surface area contributed by atoms with Crippen molar-refractivity contribution in [3.63, 3.8) is 0 Å². The van der Waals surface area contributed by atoms with Gasteiger partial charge < -0.3 is 19.8 Å². The summed E-state index contributed by atoms with van der Waals surface area (Å²) < 4.78 is 11.2. The third-order valence-corrected chi connectivity index (χ3v) is 3.53. The monoisotopic (exact) mass is 265 g/mol. The highest BCUT2D eigenvalue weighted by atomic mass is 16.5. The molecular weight excluding hydrogens is 246 g/mol. The SMILES string of the molecule is CN1CCOC(c2nc3c(c(NN)n2)COCC3)C1. The van der Waals surface area contributed by atoms with Crippen LogP contribution in [0.2, 0.25) is 0 Å². The highest BCUT2D eigenvalue weighted by Gasteiger charge is 2.25. The van der Waals surface area contributed by atoms with E-state index in [0.717, 1.165) is 30.8 Å². The van der Waals surface area contributed by atoms with Crippen LogP contribution in [0.5, 0.6) is 0 Å². The summed E-state index contributed by atoms with van der Waals surface area (Å²) in [6.45, 7) is 3.66. The van der Waals surface area contributed by atoms with E-state index < -0.39 is 0 Å². The molecule has 0 amide bonds. The van der Waals surface area contributed by atoms with Crippen molar-refractivity contribution in [3.8, 4) is 0 Å². The summed E-state index contributed by atoms with van der Waals surface area (Å²) in [5.74, 6) is 6.91. The average molecular weight is 265 g/mol. The predicted octanol–water partition coefficient (Wildman–Crippen LogP) is -0.162. The van der Waals surface area contributed by atoms with Crippen LogP contribution in [0.3, 0.4) is 0 Å². The summed E-state index contributed by atoms with van der Waals surface area (Å²) in [5, 5.41) is 0. The van der Waals surface area contributed by atoms with Gasteiger partial charge in [0, 0.05) is 25.1 Å². The molecule has 7 heteroatoms. The summed E-state index contributed by atoms with van der Waals surface area (Å²) in [7, 11) is 2.07. The molecule has 0 aliphatic carbocycles. The van der Waals surface area contributed by atoms with E-state index in [9.17, 15) is 0 Å². The lowest BCUT2D eigenvalue weighted by molar-refractivity contribution is -0.0257. The Bertz CT molecular complexity index is 450. The number of fused-ring (bicyclic) bond motifs is 1. The molecule has 0 aromatic carbocycles. The van der Waals surface area contributed by atoms with E-state index in [1.54, 1.807) is 0 Å². The van der Waals surface area contributed by atoms with Crippen molar-refractivity contribution < 1.29 is 9.47 Å². The Kier molecular flexibility index (Phi) is 3.61. The zero-order valence-electron chi connectivity index (χ0n) is 11.1. The number of nitrogens with zero attached hydrogens (tertiary/aromatic N) is 3. The van der Waals surface area contributed by atoms with Gasteiger partial charge in [-0.1, -0.05) is 0 Å². The second-order valence-corrected chi connectivity index (χ2v) is 4.92. The molecule has 3 rings (SSSR count). The molecule has 1 atom stereocenters. The van der Waals surface area contributed by atoms with Crippen molar-refractivity contribution in [2.75, 3.05) is 38.8 Å². The molecule has 0 radical (unpaired) electrons. The summed E-state index contributed by atoms with van der Waals surface area (Å²) in [6, 6.07) is 0. The fourth-order valence-corrected chi connectivity index (χ4v) is 2.45. The number of anilines is 1. The largest absolute Gasteiger partial charge is 0.376 e. The van der Waals surface area contributed by atoms with Crippen molar-refractivity contribution in [3.05, 3.63) is 17.1 Å². The lowest BCUT2D eigenvalue weighted by Crippen LogP contribution is -2.36. The van der Waals surface area contributed by atoms with Crippen LogP contribution in [0.25, 0.3) is 0 Å². The summed E-state index contributed by atoms with van der Waals surface area (Å²) in [6.07, 6.45) is 0.709. The van der Waals surface area contributed by atoms with Gasteiger partial charge in [-0.2, -0.15) is 0 Å². The van der Waals surface area contributed by atoms with Gasteiger partial charge in [0.2, 0.25) is 0 Å². The van der Waals surface area contributed by atoms with Gasteiger partial charge in [-0.15, -0.1) is 0 Å². The number of ether oxygens (including phenoxy) is 2. The molecule has 0 bridgehead atoms. The van der Waals surface area contributed by atoms with Gasteiger partial charge in [0.1, 0.15) is 11.9 Å². The Hall–Kier alpha value is -1.28. The molecule has 3 heterocycles. The molecule has 0 saturated carbocycles. The fraction of sp³-hybridized carbons (Fsp3) is 0.667. The predicted molar refractivity (Wildman–Crippen MR) is 69.4 cm³/mol. The molecule has 1 aromatic heterocycles. The van der Waals surface area contributed by atoms with Crippen molar-refractivity contribution >= 4 is 5.82 Å². The first-order valence-corrected chi connectivity index (χ1v) is 6.52. The second-order valence-electron chi connectivity index (χ2n) is 4.92. The minimum Gasteiger partial charge on any atom is -0.376 e. The lowest BCUT2D eigenvalue weighted by atomic mass is 10.1. The third-order valence-electron chi connectivity index (χ3n) is 3.53. The Morgan fingerprint density at radius 1 is 1.37 bits per heavy atom. The van der Waals surface area contributed by atoms with E-state index in [0.29, 0.717) is 31.5 Å². The van der Waals surface area contributed by atoms with Gasteiger partial charge in [0.05, 0.1) is 25.5 Å². The van der Waals surface area contributed by atoms with Gasteiger partial charge >= 0.3 is 0 Å². The van der Waals surface area contributed by atoms with Crippen LogP contribution >= 0.6 is 0 Å². The Labute approximate surface area is 112 Å². The van der Waals surface area contributed by atoms with Crippen LogP contribution in [-0.2, 0) is 22.5 Å². The van der Waals surface area contributed by atoms with Crippen LogP contribution in [-0.4, -0.2) is 48.2 Å². The molecule has 1 unspecified atom stereocenters. The summed E-state index contributed by atoms with van der Waals surface area (Å²) >= 11 is 0. The minimum absolute atomic E-state index is 0.0843. The quantitative estimate of drug-likeness (QED) is 0.567. The number of nitrogens with one attached hydrogen (secondary N) is 1. The number of hydrazine groups is 1. The molecule has 3 N–H and O–H groups in total. The van der Waals surface area contributed by atoms with Crippen molar-refractivity contribution in [2.24, 2.45) is 5.84 Å². The zero-order valence-corrected chi connectivity index (χ0v) is 11.1. The molecule has 1 saturated heterocycles. The fourth-order valence-electron chi connectivity index (χ4n) is 2.45. The Morgan fingerprint density at radius 3 is 3.05 bits per heavy atom. The maximum atomic E-state index is 5.76. The molecule has 2 aliphatic rings. The van der Waals surface area contributed by atoms with E-state index in [1.807, 2.05) is 0 Å².